The van der Waals surface area contributed by atoms with Gasteiger partial charge in [-0.25, -0.2) is 0 Å². The van der Waals surface area contributed by atoms with Crippen LogP contribution in [0.3, 0.4) is 0 Å². The highest BCUT2D eigenvalue weighted by molar-refractivity contribution is 5.76. The maximum absolute atomic E-state index is 12.5. The van der Waals surface area contributed by atoms with Crippen LogP contribution in [0.2, 0.25) is 0 Å². The maximum Gasteiger partial charge on any atom is 0.305 e. The van der Waals surface area contributed by atoms with Crippen LogP contribution in [0.5, 0.6) is 0 Å². The molecule has 1 amide bonds. The number of hydrogen-bond donors (Lipinski definition) is 3. The average molecular weight is 1110 g/mol. The standard InChI is InChI=1S/C73H141NO5/c1-3-5-7-9-11-13-15-17-19-21-35-39-43-47-51-55-59-63-67-73(78)79-68-64-60-56-52-48-44-40-36-32-30-28-26-24-22-23-25-27-29-31-34-38-42-46-50-54-58-62-66-72(77)74-70(69-75)71(76)65-61-57-53-49-45-41-37-33-20-18-16-14-12-10-8-6-4-2/h22-23,26,28,70-71,75-76H,3-21,24-25,27,29-69H2,1-2H3,(H,74,77)/b23-22-,28-26-. The number of ether oxygens (including phenoxy) is 1. The summed E-state index contributed by atoms with van der Waals surface area (Å²) >= 11 is 0. The summed E-state index contributed by atoms with van der Waals surface area (Å²) < 4.78 is 5.51. The van der Waals surface area contributed by atoms with E-state index < -0.39 is 12.1 Å². The second-order valence-corrected chi connectivity index (χ2v) is 24.9. The van der Waals surface area contributed by atoms with Crippen LogP contribution in [-0.2, 0) is 14.3 Å². The molecule has 0 spiro atoms. The van der Waals surface area contributed by atoms with Crippen LogP contribution in [0, 0.1) is 0 Å². The third-order valence-electron chi connectivity index (χ3n) is 17.0. The van der Waals surface area contributed by atoms with Gasteiger partial charge in [-0.15, -0.1) is 0 Å². The molecule has 0 saturated heterocycles. The Morgan fingerprint density at radius 1 is 0.354 bits per heavy atom. The van der Waals surface area contributed by atoms with E-state index in [0.29, 0.717) is 25.9 Å². The summed E-state index contributed by atoms with van der Waals surface area (Å²) in [6, 6.07) is -0.544. The smallest absolute Gasteiger partial charge is 0.305 e. The molecule has 0 aliphatic heterocycles. The first-order valence-electron chi connectivity index (χ1n) is 36.1. The van der Waals surface area contributed by atoms with Gasteiger partial charge in [0.2, 0.25) is 5.91 Å². The minimum atomic E-state index is -0.667. The number of carbonyl (C=O) groups excluding carboxylic acids is 2. The first kappa shape index (κ1) is 77.3. The molecule has 79 heavy (non-hydrogen) atoms. The summed E-state index contributed by atoms with van der Waals surface area (Å²) in [7, 11) is 0. The van der Waals surface area contributed by atoms with Crippen LogP contribution >= 0.6 is 0 Å². The first-order valence-corrected chi connectivity index (χ1v) is 36.1. The Labute approximate surface area is 494 Å². The zero-order valence-electron chi connectivity index (χ0n) is 53.6. The fourth-order valence-electron chi connectivity index (χ4n) is 11.5. The number of amides is 1. The fourth-order valence-corrected chi connectivity index (χ4v) is 11.5. The quantitative estimate of drug-likeness (QED) is 0.0320. The van der Waals surface area contributed by atoms with Gasteiger partial charge in [0.1, 0.15) is 0 Å². The van der Waals surface area contributed by atoms with Gasteiger partial charge in [0.15, 0.2) is 0 Å². The van der Waals surface area contributed by atoms with E-state index in [4.69, 9.17) is 4.74 Å². The molecule has 2 atom stereocenters. The Morgan fingerprint density at radius 3 is 0.962 bits per heavy atom. The van der Waals surface area contributed by atoms with Crippen molar-refractivity contribution in [2.75, 3.05) is 13.2 Å². The minimum absolute atomic E-state index is 0.0159. The van der Waals surface area contributed by atoms with E-state index in [0.717, 1.165) is 44.9 Å². The summed E-state index contributed by atoms with van der Waals surface area (Å²) in [5.41, 5.74) is 0. The Bertz CT molecular complexity index is 1230. The lowest BCUT2D eigenvalue weighted by Gasteiger charge is -2.22. The lowest BCUT2D eigenvalue weighted by molar-refractivity contribution is -0.143. The van der Waals surface area contributed by atoms with Gasteiger partial charge in [0.05, 0.1) is 25.4 Å². The van der Waals surface area contributed by atoms with Crippen LogP contribution in [-0.4, -0.2) is 47.4 Å². The van der Waals surface area contributed by atoms with E-state index in [1.54, 1.807) is 0 Å². The van der Waals surface area contributed by atoms with Crippen LogP contribution in [0.1, 0.15) is 406 Å². The summed E-state index contributed by atoms with van der Waals surface area (Å²) in [5, 5.41) is 23.4. The number of nitrogens with one attached hydrogen (secondary N) is 1. The second-order valence-electron chi connectivity index (χ2n) is 24.9. The fraction of sp³-hybridized carbons (Fsp3) is 0.918. The van der Waals surface area contributed by atoms with E-state index in [2.05, 4.69) is 43.5 Å². The number of rotatable bonds is 68. The zero-order valence-corrected chi connectivity index (χ0v) is 53.6. The summed E-state index contributed by atoms with van der Waals surface area (Å²) in [4.78, 5) is 24.6. The van der Waals surface area contributed by atoms with Gasteiger partial charge in [-0.05, 0) is 57.8 Å². The highest BCUT2D eigenvalue weighted by atomic mass is 16.5. The highest BCUT2D eigenvalue weighted by Gasteiger charge is 2.20. The van der Waals surface area contributed by atoms with Crippen molar-refractivity contribution in [2.45, 2.75) is 418 Å². The van der Waals surface area contributed by atoms with Crippen molar-refractivity contribution in [3.63, 3.8) is 0 Å². The van der Waals surface area contributed by atoms with E-state index in [-0.39, 0.29) is 18.5 Å². The van der Waals surface area contributed by atoms with Gasteiger partial charge in [-0.3, -0.25) is 9.59 Å². The Kier molecular flexibility index (Phi) is 67.4. The molecule has 0 aromatic carbocycles. The molecule has 0 aliphatic carbocycles. The first-order chi connectivity index (χ1) is 39.0. The van der Waals surface area contributed by atoms with Gasteiger partial charge in [-0.2, -0.15) is 0 Å². The topological polar surface area (TPSA) is 95.9 Å². The minimum Gasteiger partial charge on any atom is -0.466 e. The van der Waals surface area contributed by atoms with E-state index in [9.17, 15) is 19.8 Å². The van der Waals surface area contributed by atoms with E-state index in [1.165, 1.54) is 327 Å². The number of esters is 1. The Morgan fingerprint density at radius 2 is 0.633 bits per heavy atom. The molecular weight excluding hydrogens is 971 g/mol. The van der Waals surface area contributed by atoms with Crippen LogP contribution in [0.25, 0.3) is 0 Å². The predicted molar refractivity (Wildman–Crippen MR) is 347 cm³/mol. The molecule has 0 aromatic heterocycles. The average Bonchev–Trinajstić information content (AvgIpc) is 3.45. The van der Waals surface area contributed by atoms with Crippen molar-refractivity contribution in [1.82, 2.24) is 5.32 Å². The lowest BCUT2D eigenvalue weighted by Crippen LogP contribution is -2.45. The molecule has 6 nitrogen and oxygen atoms in total. The largest absolute Gasteiger partial charge is 0.466 e. The van der Waals surface area contributed by atoms with Crippen LogP contribution in [0.4, 0.5) is 0 Å². The van der Waals surface area contributed by atoms with Crippen LogP contribution in [0.15, 0.2) is 24.3 Å². The van der Waals surface area contributed by atoms with Crippen molar-refractivity contribution >= 4 is 11.9 Å². The zero-order chi connectivity index (χ0) is 57.1. The third kappa shape index (κ3) is 65.4. The maximum atomic E-state index is 12.5. The van der Waals surface area contributed by atoms with E-state index in [1.807, 2.05) is 0 Å². The summed E-state index contributed by atoms with van der Waals surface area (Å²) in [6.45, 7) is 4.99. The van der Waals surface area contributed by atoms with Gasteiger partial charge >= 0.3 is 5.97 Å². The molecule has 0 aliphatic rings. The van der Waals surface area contributed by atoms with Crippen molar-refractivity contribution in [3.8, 4) is 0 Å². The number of carbonyl (C=O) groups is 2. The molecule has 0 bridgehead atoms. The lowest BCUT2D eigenvalue weighted by atomic mass is 10.0. The van der Waals surface area contributed by atoms with Crippen LogP contribution < -0.4 is 5.32 Å². The predicted octanol–water partition coefficient (Wildman–Crippen LogP) is 23.3. The number of aliphatic hydroxyl groups excluding tert-OH is 2. The molecule has 0 fully saturated rings. The number of unbranched alkanes of at least 4 members (excludes halogenated alkanes) is 53. The summed E-state index contributed by atoms with van der Waals surface area (Å²) in [6.07, 6.45) is 86.6. The SMILES string of the molecule is CCCCCCCCCCCCCCCCCCCCC(=O)OCCCCCCCCCCC/C=C\C/C=C\CCCCCCCCCCCCCC(=O)NC(CO)C(O)CCCCCCCCCCCCCCCCCCC. The van der Waals surface area contributed by atoms with Gasteiger partial charge < -0.3 is 20.3 Å². The summed E-state index contributed by atoms with van der Waals surface area (Å²) in [5.74, 6) is -0.0187. The number of hydrogen-bond acceptors (Lipinski definition) is 5. The number of allylic oxidation sites excluding steroid dienone is 4. The molecule has 0 heterocycles. The Balaban J connectivity index is 3.39. The molecule has 3 N–H and O–H groups in total. The second kappa shape index (κ2) is 68.8. The van der Waals surface area contributed by atoms with E-state index >= 15 is 0 Å². The molecule has 6 heteroatoms. The molecule has 468 valence electrons. The molecule has 0 saturated carbocycles. The third-order valence-corrected chi connectivity index (χ3v) is 17.0. The Hall–Kier alpha value is -1.66. The monoisotopic (exact) mass is 1110 g/mol. The van der Waals surface area contributed by atoms with Gasteiger partial charge in [0.25, 0.3) is 0 Å². The van der Waals surface area contributed by atoms with Gasteiger partial charge in [-0.1, -0.05) is 359 Å². The van der Waals surface area contributed by atoms with Crippen molar-refractivity contribution < 1.29 is 24.5 Å². The molecule has 2 unspecified atom stereocenters. The van der Waals surface area contributed by atoms with Crippen molar-refractivity contribution in [3.05, 3.63) is 24.3 Å². The normalized spacial score (nSPS) is 12.6. The van der Waals surface area contributed by atoms with Crippen molar-refractivity contribution in [2.24, 2.45) is 0 Å². The van der Waals surface area contributed by atoms with Gasteiger partial charge in [0, 0.05) is 12.8 Å². The molecule has 0 radical (unpaired) electrons. The molecule has 0 rings (SSSR count). The number of aliphatic hydroxyl groups is 2. The molecular formula is C73H141NO5. The molecule has 0 aromatic rings. The van der Waals surface area contributed by atoms with Crippen molar-refractivity contribution in [1.29, 1.82) is 0 Å². The highest BCUT2D eigenvalue weighted by Crippen LogP contribution is 2.19.